The molecular weight excluding hydrogens is 909 g/mol. The monoisotopic (exact) mass is 1020 g/mol. The van der Waals surface area contributed by atoms with Crippen LogP contribution in [-0.2, 0) is 19.1 Å². The largest absolute Gasteiger partial charge is 0.462 e. The lowest BCUT2D eigenvalue weighted by Crippen LogP contribution is -2.28. The average Bonchev–Trinajstić information content (AvgIpc) is 3.40. The number of carbonyl (C=O) groups is 2. The summed E-state index contributed by atoms with van der Waals surface area (Å²) in [6.07, 6.45) is 96.5. The van der Waals surface area contributed by atoms with Crippen LogP contribution >= 0.6 is 0 Å². The first-order chi connectivity index (χ1) is 36.6. The summed E-state index contributed by atoms with van der Waals surface area (Å²) >= 11 is 0. The molecule has 0 bridgehead atoms. The van der Waals surface area contributed by atoms with Crippen molar-refractivity contribution in [3.63, 3.8) is 0 Å². The number of carbonyl (C=O) groups excluding carboxylic acids is 2. The molecule has 5 heteroatoms. The molecule has 1 unspecified atom stereocenters. The lowest BCUT2D eigenvalue weighted by atomic mass is 10.0. The van der Waals surface area contributed by atoms with Gasteiger partial charge in [0.2, 0.25) is 0 Å². The molecule has 0 amide bonds. The summed E-state index contributed by atoms with van der Waals surface area (Å²) in [5.74, 6) is -0.648. The SMILES string of the molecule is CC/C=C\C/C=C\C/C=C\C/C=C\C/C=C\C/C=C\C/C=C\C/C=C\CCCCC(=O)OC(CO)COC(=O)CCCCCCCCCCCCCCCCCCC/C=C\C/C=C\C/C=C\C/C=C\C/C=C\CC. The van der Waals surface area contributed by atoms with Crippen LogP contribution in [0.25, 0.3) is 0 Å². The normalized spacial score (nSPS) is 13.4. The Hall–Kier alpha value is -4.48. The maximum absolute atomic E-state index is 12.3. The number of esters is 2. The number of unbranched alkanes of at least 4 members (excludes halogenated alkanes) is 19. The van der Waals surface area contributed by atoms with E-state index >= 15 is 0 Å². The van der Waals surface area contributed by atoms with Gasteiger partial charge in [-0.3, -0.25) is 9.59 Å². The predicted octanol–water partition coefficient (Wildman–Crippen LogP) is 20.7. The fourth-order valence-corrected chi connectivity index (χ4v) is 7.89. The fraction of sp³-hybridized carbons (Fsp3) is 0.594. The van der Waals surface area contributed by atoms with Gasteiger partial charge in [0.25, 0.3) is 0 Å². The van der Waals surface area contributed by atoms with Gasteiger partial charge in [0.15, 0.2) is 6.10 Å². The van der Waals surface area contributed by atoms with Gasteiger partial charge >= 0.3 is 11.9 Å². The Kier molecular flexibility index (Phi) is 59.0. The van der Waals surface area contributed by atoms with E-state index < -0.39 is 6.10 Å². The standard InChI is InChI=1S/C69H110O5/c1-3-5-7-9-11-13-15-17-19-21-23-25-27-29-31-32-33-34-35-36-38-39-41-43-45-47-49-51-53-55-57-59-61-63-68(71)73-66-67(65-70)74-69(72)64-62-60-58-56-54-52-50-48-46-44-42-40-37-30-28-26-24-22-20-18-16-14-12-10-8-6-4-2/h5-8,11-14,17-20,23-26,29-31,37,42,44,48,50,54,56,67,70H,3-4,9-10,15-16,21-22,27-28,32-36,38-41,43,45-47,49,51-53,55,57-66H2,1-2H3/b7-5-,8-6-,13-11-,14-12-,19-17-,20-18-,25-23-,26-24-,31-29-,37-30-,44-42-,50-48-,56-54-. The zero-order valence-electron chi connectivity index (χ0n) is 47.5. The van der Waals surface area contributed by atoms with Gasteiger partial charge in [-0.15, -0.1) is 0 Å². The van der Waals surface area contributed by atoms with Gasteiger partial charge in [-0.05, 0) is 122 Å². The van der Waals surface area contributed by atoms with Crippen molar-refractivity contribution in [3.05, 3.63) is 158 Å². The van der Waals surface area contributed by atoms with E-state index in [1.165, 1.54) is 96.3 Å². The van der Waals surface area contributed by atoms with E-state index in [0.29, 0.717) is 12.8 Å². The summed E-state index contributed by atoms with van der Waals surface area (Å²) in [5.41, 5.74) is 0. The number of aliphatic hydroxyl groups excluding tert-OH is 1. The molecule has 1 N–H and O–H groups in total. The van der Waals surface area contributed by atoms with Crippen molar-refractivity contribution in [2.45, 2.75) is 251 Å². The maximum atomic E-state index is 12.3. The quantitative estimate of drug-likeness (QED) is 0.0373. The molecule has 74 heavy (non-hydrogen) atoms. The second kappa shape index (κ2) is 62.8. The van der Waals surface area contributed by atoms with E-state index in [-0.39, 0.29) is 25.2 Å². The molecule has 0 saturated carbocycles. The highest BCUT2D eigenvalue weighted by Gasteiger charge is 2.16. The molecule has 0 aliphatic rings. The highest BCUT2D eigenvalue weighted by Crippen LogP contribution is 2.15. The highest BCUT2D eigenvalue weighted by atomic mass is 16.6. The third kappa shape index (κ3) is 60.1. The van der Waals surface area contributed by atoms with Crippen molar-refractivity contribution in [2.75, 3.05) is 13.2 Å². The number of allylic oxidation sites excluding steroid dienone is 26. The zero-order valence-corrected chi connectivity index (χ0v) is 47.5. The predicted molar refractivity (Wildman–Crippen MR) is 324 cm³/mol. The van der Waals surface area contributed by atoms with Crippen molar-refractivity contribution in [2.24, 2.45) is 0 Å². The summed E-state index contributed by atoms with van der Waals surface area (Å²) in [5, 5.41) is 9.66. The number of ether oxygens (including phenoxy) is 2. The molecule has 0 aromatic carbocycles. The van der Waals surface area contributed by atoms with Crippen LogP contribution < -0.4 is 0 Å². The summed E-state index contributed by atoms with van der Waals surface area (Å²) in [6.45, 7) is 3.88. The van der Waals surface area contributed by atoms with Gasteiger partial charge in [-0.2, -0.15) is 0 Å². The van der Waals surface area contributed by atoms with Gasteiger partial charge in [0.1, 0.15) is 6.61 Å². The minimum Gasteiger partial charge on any atom is -0.462 e. The first-order valence-electron chi connectivity index (χ1n) is 30.0. The Labute approximate surface area is 456 Å². The van der Waals surface area contributed by atoms with Crippen molar-refractivity contribution in [3.8, 4) is 0 Å². The molecule has 416 valence electrons. The Bertz CT molecular complexity index is 1620. The molecule has 0 rings (SSSR count). The molecule has 1 atom stereocenters. The van der Waals surface area contributed by atoms with E-state index in [9.17, 15) is 14.7 Å². The molecule has 0 aliphatic carbocycles. The Morgan fingerprint density at radius 2 is 0.541 bits per heavy atom. The average molecular weight is 1020 g/mol. The first kappa shape index (κ1) is 69.5. The molecule has 0 aromatic rings. The Balaban J connectivity index is 3.59. The van der Waals surface area contributed by atoms with Crippen molar-refractivity contribution >= 4 is 11.9 Å². The molecule has 0 heterocycles. The molecule has 0 spiro atoms. The topological polar surface area (TPSA) is 72.8 Å². The van der Waals surface area contributed by atoms with Gasteiger partial charge in [0, 0.05) is 12.8 Å². The maximum Gasteiger partial charge on any atom is 0.306 e. The number of aliphatic hydroxyl groups is 1. The molecule has 0 aliphatic heterocycles. The summed E-state index contributed by atoms with van der Waals surface area (Å²) in [7, 11) is 0. The summed E-state index contributed by atoms with van der Waals surface area (Å²) in [4.78, 5) is 24.6. The zero-order chi connectivity index (χ0) is 53.4. The van der Waals surface area contributed by atoms with Crippen LogP contribution in [0.4, 0.5) is 0 Å². The number of rotatable bonds is 53. The third-order valence-corrected chi connectivity index (χ3v) is 12.3. The highest BCUT2D eigenvalue weighted by molar-refractivity contribution is 5.70. The van der Waals surface area contributed by atoms with E-state index in [1.54, 1.807) is 0 Å². The summed E-state index contributed by atoms with van der Waals surface area (Å²) < 4.78 is 10.7. The molecule has 0 fully saturated rings. The van der Waals surface area contributed by atoms with Gasteiger partial charge in [0.05, 0.1) is 6.61 Å². The van der Waals surface area contributed by atoms with Crippen LogP contribution in [-0.4, -0.2) is 36.4 Å². The van der Waals surface area contributed by atoms with Crippen LogP contribution in [0.5, 0.6) is 0 Å². The number of hydrogen-bond donors (Lipinski definition) is 1. The first-order valence-corrected chi connectivity index (χ1v) is 30.0. The number of hydrogen-bond acceptors (Lipinski definition) is 5. The van der Waals surface area contributed by atoms with Crippen molar-refractivity contribution in [1.29, 1.82) is 0 Å². The van der Waals surface area contributed by atoms with E-state index in [0.717, 1.165) is 122 Å². The van der Waals surface area contributed by atoms with Gasteiger partial charge < -0.3 is 14.6 Å². The smallest absolute Gasteiger partial charge is 0.306 e. The lowest BCUT2D eigenvalue weighted by molar-refractivity contribution is -0.161. The van der Waals surface area contributed by atoms with Crippen LogP contribution in [0.2, 0.25) is 0 Å². The van der Waals surface area contributed by atoms with E-state index in [1.807, 2.05) is 0 Å². The second-order valence-corrected chi connectivity index (χ2v) is 19.3. The summed E-state index contributed by atoms with van der Waals surface area (Å²) in [6, 6.07) is 0. The molecule has 0 radical (unpaired) electrons. The Morgan fingerprint density at radius 3 is 0.838 bits per heavy atom. The lowest BCUT2D eigenvalue weighted by Gasteiger charge is -2.15. The van der Waals surface area contributed by atoms with Crippen molar-refractivity contribution < 1.29 is 24.2 Å². The van der Waals surface area contributed by atoms with Crippen LogP contribution in [0.15, 0.2) is 158 Å². The van der Waals surface area contributed by atoms with Gasteiger partial charge in [-0.25, -0.2) is 0 Å². The fourth-order valence-electron chi connectivity index (χ4n) is 7.89. The van der Waals surface area contributed by atoms with E-state index in [2.05, 4.69) is 172 Å². The Morgan fingerprint density at radius 1 is 0.311 bits per heavy atom. The van der Waals surface area contributed by atoms with E-state index in [4.69, 9.17) is 9.47 Å². The van der Waals surface area contributed by atoms with Crippen molar-refractivity contribution in [1.82, 2.24) is 0 Å². The molecule has 0 aromatic heterocycles. The van der Waals surface area contributed by atoms with Crippen LogP contribution in [0, 0.1) is 0 Å². The molecule has 5 nitrogen and oxygen atoms in total. The molecule has 0 saturated heterocycles. The minimum atomic E-state index is -0.807. The minimum absolute atomic E-state index is 0.0924. The molecular formula is C69H110O5. The van der Waals surface area contributed by atoms with Gasteiger partial charge in [-0.1, -0.05) is 268 Å². The third-order valence-electron chi connectivity index (χ3n) is 12.3. The second-order valence-electron chi connectivity index (χ2n) is 19.3. The van der Waals surface area contributed by atoms with Crippen LogP contribution in [0.1, 0.15) is 245 Å². The van der Waals surface area contributed by atoms with Crippen LogP contribution in [0.3, 0.4) is 0 Å².